The molecule has 0 aromatic heterocycles. The molecule has 1 aromatic rings. The van der Waals surface area contributed by atoms with E-state index in [-0.39, 0.29) is 6.10 Å². The average Bonchev–Trinajstić information content (AvgIpc) is 2.80. The molecule has 0 amide bonds. The first-order valence-corrected chi connectivity index (χ1v) is 7.68. The number of hydrogen-bond acceptors (Lipinski definition) is 3. The number of carboxylic acid groups (broad SMARTS) is 1. The van der Waals surface area contributed by atoms with Crippen LogP contribution in [-0.4, -0.2) is 29.3 Å². The summed E-state index contributed by atoms with van der Waals surface area (Å²) in [5.74, 6) is 0.0802. The summed E-state index contributed by atoms with van der Waals surface area (Å²) in [5, 5.41) is 12.7. The summed E-state index contributed by atoms with van der Waals surface area (Å²) in [5.41, 5.74) is 1.51. The minimum atomic E-state index is -0.820. The minimum Gasteiger partial charge on any atom is -0.490 e. The number of carboxylic acids is 1. The first kappa shape index (κ1) is 15.8. The highest BCUT2D eigenvalue weighted by Gasteiger charge is 2.46. The number of nitrogens with one attached hydrogen (secondary N) is 1. The molecule has 4 nitrogen and oxygen atoms in total. The Balaban J connectivity index is 2.05. The molecule has 1 aromatic carbocycles. The topological polar surface area (TPSA) is 58.6 Å². The zero-order valence-electron chi connectivity index (χ0n) is 13.1. The van der Waals surface area contributed by atoms with Gasteiger partial charge in [0, 0.05) is 6.42 Å². The van der Waals surface area contributed by atoms with Gasteiger partial charge < -0.3 is 15.2 Å². The molecule has 21 heavy (non-hydrogen) atoms. The van der Waals surface area contributed by atoms with E-state index in [2.05, 4.69) is 11.4 Å². The second-order valence-electron chi connectivity index (χ2n) is 6.12. The van der Waals surface area contributed by atoms with Crippen LogP contribution in [-0.2, 0) is 4.79 Å². The molecule has 2 atom stereocenters. The lowest BCUT2D eigenvalue weighted by Gasteiger charge is -2.26. The van der Waals surface area contributed by atoms with Crippen LogP contribution in [0.4, 0.5) is 0 Å². The molecular formula is C17H25NO3. The van der Waals surface area contributed by atoms with Gasteiger partial charge in [-0.05, 0) is 62.9 Å². The molecule has 4 heteroatoms. The highest BCUT2D eigenvalue weighted by atomic mass is 16.5. The van der Waals surface area contributed by atoms with Crippen molar-refractivity contribution in [2.24, 2.45) is 0 Å². The third kappa shape index (κ3) is 3.76. The van der Waals surface area contributed by atoms with E-state index >= 15 is 0 Å². The molecule has 1 aliphatic carbocycles. The van der Waals surface area contributed by atoms with Crippen molar-refractivity contribution in [3.05, 3.63) is 29.3 Å². The number of aliphatic carboxylic acids is 1. The lowest BCUT2D eigenvalue weighted by molar-refractivity contribution is -0.144. The standard InChI is InChI=1S/C17H25NO3/c1-4-7-18-17(16(19)20)6-5-14(11-17)21-15-9-12(2)8-13(3)10-15/h8-10,14,18H,4-7,11H2,1-3H3,(H,19,20). The monoisotopic (exact) mass is 291 g/mol. The highest BCUT2D eigenvalue weighted by molar-refractivity contribution is 5.79. The van der Waals surface area contributed by atoms with Crippen molar-refractivity contribution in [2.75, 3.05) is 6.54 Å². The van der Waals surface area contributed by atoms with Crippen LogP contribution in [0.3, 0.4) is 0 Å². The fourth-order valence-corrected chi connectivity index (χ4v) is 3.09. The fraction of sp³-hybridized carbons (Fsp3) is 0.588. The Morgan fingerprint density at radius 3 is 2.62 bits per heavy atom. The summed E-state index contributed by atoms with van der Waals surface area (Å²) in [6.07, 6.45) is 2.81. The van der Waals surface area contributed by atoms with E-state index in [1.807, 2.05) is 32.9 Å². The lowest BCUT2D eigenvalue weighted by atomic mass is 9.97. The van der Waals surface area contributed by atoms with Gasteiger partial charge in [-0.1, -0.05) is 13.0 Å². The molecule has 0 heterocycles. The van der Waals surface area contributed by atoms with Crippen LogP contribution >= 0.6 is 0 Å². The van der Waals surface area contributed by atoms with Crippen molar-refractivity contribution in [1.82, 2.24) is 5.32 Å². The van der Waals surface area contributed by atoms with E-state index in [0.29, 0.717) is 12.8 Å². The maximum absolute atomic E-state index is 11.6. The van der Waals surface area contributed by atoms with Gasteiger partial charge in [-0.25, -0.2) is 0 Å². The van der Waals surface area contributed by atoms with Gasteiger partial charge in [-0.3, -0.25) is 4.79 Å². The molecule has 0 radical (unpaired) electrons. The molecule has 0 aliphatic heterocycles. The van der Waals surface area contributed by atoms with E-state index < -0.39 is 11.5 Å². The van der Waals surface area contributed by atoms with Gasteiger partial charge in [0.1, 0.15) is 17.4 Å². The molecule has 0 saturated heterocycles. The predicted octanol–water partition coefficient (Wildman–Crippen LogP) is 3.06. The van der Waals surface area contributed by atoms with Crippen LogP contribution in [0.1, 0.15) is 43.7 Å². The van der Waals surface area contributed by atoms with Crippen molar-refractivity contribution in [3.8, 4) is 5.75 Å². The number of rotatable bonds is 6. The Hall–Kier alpha value is -1.55. The summed E-state index contributed by atoms with van der Waals surface area (Å²) < 4.78 is 6.02. The Kier molecular flexibility index (Phi) is 4.88. The van der Waals surface area contributed by atoms with E-state index in [9.17, 15) is 9.90 Å². The zero-order chi connectivity index (χ0) is 15.5. The summed E-state index contributed by atoms with van der Waals surface area (Å²) in [6, 6.07) is 6.12. The van der Waals surface area contributed by atoms with Crippen molar-refractivity contribution < 1.29 is 14.6 Å². The van der Waals surface area contributed by atoms with Gasteiger partial charge in [0.2, 0.25) is 0 Å². The normalized spacial score (nSPS) is 25.0. The number of carbonyl (C=O) groups is 1. The molecule has 116 valence electrons. The van der Waals surface area contributed by atoms with E-state index in [1.54, 1.807) is 0 Å². The first-order valence-electron chi connectivity index (χ1n) is 7.68. The molecule has 2 N–H and O–H groups in total. The largest absolute Gasteiger partial charge is 0.490 e. The molecule has 2 unspecified atom stereocenters. The Labute approximate surface area is 126 Å². The fourth-order valence-electron chi connectivity index (χ4n) is 3.09. The maximum atomic E-state index is 11.6. The van der Waals surface area contributed by atoms with Gasteiger partial charge in [0.25, 0.3) is 0 Å². The number of ether oxygens (including phenoxy) is 1. The summed E-state index contributed by atoms with van der Waals surface area (Å²) >= 11 is 0. The minimum absolute atomic E-state index is 0.0355. The van der Waals surface area contributed by atoms with Gasteiger partial charge in [-0.2, -0.15) is 0 Å². The average molecular weight is 291 g/mol. The molecule has 0 spiro atoms. The predicted molar refractivity (Wildman–Crippen MR) is 82.8 cm³/mol. The molecule has 1 aliphatic rings. The van der Waals surface area contributed by atoms with E-state index in [0.717, 1.165) is 36.3 Å². The number of benzene rings is 1. The van der Waals surface area contributed by atoms with E-state index in [4.69, 9.17) is 4.74 Å². The van der Waals surface area contributed by atoms with Gasteiger partial charge in [0.05, 0.1) is 0 Å². The second-order valence-corrected chi connectivity index (χ2v) is 6.12. The van der Waals surface area contributed by atoms with Gasteiger partial charge in [0.15, 0.2) is 0 Å². The number of aryl methyl sites for hydroxylation is 2. The summed E-state index contributed by atoms with van der Waals surface area (Å²) in [4.78, 5) is 11.6. The quantitative estimate of drug-likeness (QED) is 0.845. The van der Waals surface area contributed by atoms with Crippen LogP contribution in [0, 0.1) is 13.8 Å². The third-order valence-corrected chi connectivity index (χ3v) is 4.09. The Bertz CT molecular complexity index is 495. The third-order valence-electron chi connectivity index (χ3n) is 4.09. The van der Waals surface area contributed by atoms with Crippen LogP contribution in [0.5, 0.6) is 5.75 Å². The molecule has 0 bridgehead atoms. The number of hydrogen-bond donors (Lipinski definition) is 2. The molecular weight excluding hydrogens is 266 g/mol. The lowest BCUT2D eigenvalue weighted by Crippen LogP contribution is -2.50. The van der Waals surface area contributed by atoms with Crippen LogP contribution in [0.15, 0.2) is 18.2 Å². The van der Waals surface area contributed by atoms with Gasteiger partial charge >= 0.3 is 5.97 Å². The zero-order valence-corrected chi connectivity index (χ0v) is 13.1. The Morgan fingerprint density at radius 1 is 1.38 bits per heavy atom. The first-order chi connectivity index (χ1) is 9.95. The summed E-state index contributed by atoms with van der Waals surface area (Å²) in [6.45, 7) is 6.85. The molecule has 1 saturated carbocycles. The Morgan fingerprint density at radius 2 is 2.05 bits per heavy atom. The van der Waals surface area contributed by atoms with Crippen LogP contribution < -0.4 is 10.1 Å². The van der Waals surface area contributed by atoms with Gasteiger partial charge in [-0.15, -0.1) is 0 Å². The van der Waals surface area contributed by atoms with Crippen molar-refractivity contribution >= 4 is 5.97 Å². The highest BCUT2D eigenvalue weighted by Crippen LogP contribution is 2.33. The van der Waals surface area contributed by atoms with Crippen molar-refractivity contribution in [2.45, 2.75) is 58.1 Å². The maximum Gasteiger partial charge on any atom is 0.324 e. The second kappa shape index (κ2) is 6.48. The molecule has 1 fully saturated rings. The molecule has 2 rings (SSSR count). The van der Waals surface area contributed by atoms with Crippen molar-refractivity contribution in [3.63, 3.8) is 0 Å². The SMILES string of the molecule is CCCNC1(C(=O)O)CCC(Oc2cc(C)cc(C)c2)C1. The van der Waals surface area contributed by atoms with E-state index in [1.165, 1.54) is 0 Å². The van der Waals surface area contributed by atoms with Crippen LogP contribution in [0.2, 0.25) is 0 Å². The van der Waals surface area contributed by atoms with Crippen molar-refractivity contribution in [1.29, 1.82) is 0 Å². The van der Waals surface area contributed by atoms with Crippen LogP contribution in [0.25, 0.3) is 0 Å². The summed E-state index contributed by atoms with van der Waals surface area (Å²) in [7, 11) is 0. The smallest absolute Gasteiger partial charge is 0.324 e.